The van der Waals surface area contributed by atoms with Gasteiger partial charge in [0.05, 0.1) is 17.4 Å². The molecule has 5 atom stereocenters. The van der Waals surface area contributed by atoms with Gasteiger partial charge < -0.3 is 14.2 Å². The van der Waals surface area contributed by atoms with Crippen LogP contribution in [0.25, 0.3) is 21.9 Å². The average Bonchev–Trinajstić information content (AvgIpc) is 3.52. The highest BCUT2D eigenvalue weighted by Gasteiger charge is 2.65. The van der Waals surface area contributed by atoms with Crippen LogP contribution in [0.3, 0.4) is 0 Å². The van der Waals surface area contributed by atoms with Crippen molar-refractivity contribution in [2.45, 2.75) is 39.3 Å². The molecule has 50 heavy (non-hydrogen) atoms. The number of Topliss-reactive ketones (excluding diaryl/α,β-unsaturated/α-hetero) is 3. The Morgan fingerprint density at radius 2 is 1.62 bits per heavy atom. The third-order valence-electron chi connectivity index (χ3n) is 11.6. The topological polar surface area (TPSA) is 93.0 Å². The second kappa shape index (κ2) is 11.8. The van der Waals surface area contributed by atoms with Crippen LogP contribution in [-0.4, -0.2) is 55.6 Å². The number of anilines is 1. The zero-order valence-corrected chi connectivity index (χ0v) is 29.3. The Morgan fingerprint density at radius 3 is 2.32 bits per heavy atom. The molecule has 5 unspecified atom stereocenters. The molecule has 1 heterocycles. The van der Waals surface area contributed by atoms with Crippen molar-refractivity contribution in [3.63, 3.8) is 0 Å². The molecule has 254 valence electrons. The van der Waals surface area contributed by atoms with Gasteiger partial charge in [-0.2, -0.15) is 0 Å². The maximum atomic E-state index is 14.9. The van der Waals surface area contributed by atoms with Gasteiger partial charge in [0.15, 0.2) is 23.1 Å². The number of ketones is 3. The summed E-state index contributed by atoms with van der Waals surface area (Å²) in [4.78, 5) is 48.2. The van der Waals surface area contributed by atoms with Crippen LogP contribution in [0, 0.1) is 30.1 Å². The minimum atomic E-state index is -1.44. The maximum Gasteiger partial charge on any atom is 0.265 e. The van der Waals surface area contributed by atoms with Crippen LogP contribution in [-0.2, 0) is 17.8 Å². The normalized spacial score (nSPS) is 24.1. The number of hydrogen-bond acceptors (Lipinski definition) is 8. The van der Waals surface area contributed by atoms with Crippen LogP contribution < -0.4 is 9.64 Å². The lowest BCUT2D eigenvalue weighted by atomic mass is 9.49. The van der Waals surface area contributed by atoms with Gasteiger partial charge in [-0.05, 0) is 109 Å². The first-order valence-corrected chi connectivity index (χ1v) is 17.3. The molecule has 0 radical (unpaired) electrons. The molecule has 0 aliphatic heterocycles. The summed E-state index contributed by atoms with van der Waals surface area (Å²) in [5, 5.41) is 6.27. The number of aromatic nitrogens is 1. The number of rotatable bonds is 6. The summed E-state index contributed by atoms with van der Waals surface area (Å²) in [5.41, 5.74) is 5.44. The van der Waals surface area contributed by atoms with E-state index in [1.54, 1.807) is 6.92 Å². The predicted molar refractivity (Wildman–Crippen MR) is 193 cm³/mol. The second-order valence-electron chi connectivity index (χ2n) is 14.9. The largest absolute Gasteiger partial charge is 0.470 e. The molecule has 1 fully saturated rings. The van der Waals surface area contributed by atoms with Crippen molar-refractivity contribution in [2.24, 2.45) is 23.2 Å². The lowest BCUT2D eigenvalue weighted by Crippen LogP contribution is -2.60. The van der Waals surface area contributed by atoms with Gasteiger partial charge in [0.25, 0.3) is 5.88 Å². The van der Waals surface area contributed by atoms with E-state index in [2.05, 4.69) is 58.6 Å². The van der Waals surface area contributed by atoms with Crippen molar-refractivity contribution >= 4 is 33.8 Å². The molecule has 5 aromatic rings. The summed E-state index contributed by atoms with van der Waals surface area (Å²) in [6, 6.07) is 26.2. The summed E-state index contributed by atoms with van der Waals surface area (Å²) in [7, 11) is 7.89. The molecule has 0 amide bonds. The summed E-state index contributed by atoms with van der Waals surface area (Å²) in [6.07, 6.45) is 1.13. The quantitative estimate of drug-likeness (QED) is 0.172. The highest BCUT2D eigenvalue weighted by atomic mass is 16.5. The molecule has 3 aliphatic carbocycles. The third-order valence-corrected chi connectivity index (χ3v) is 11.6. The molecule has 4 aromatic carbocycles. The number of fused-ring (bicyclic) bond motifs is 5. The van der Waals surface area contributed by atoms with Crippen molar-refractivity contribution in [2.75, 3.05) is 33.1 Å². The molecular formula is C42H41N3O5. The molecular weight excluding hydrogens is 626 g/mol. The smallest absolute Gasteiger partial charge is 0.265 e. The van der Waals surface area contributed by atoms with Gasteiger partial charge >= 0.3 is 0 Å². The molecule has 1 aromatic heterocycles. The van der Waals surface area contributed by atoms with E-state index in [1.165, 1.54) is 0 Å². The monoisotopic (exact) mass is 667 g/mol. The standard InChI is InChI=1S/C42H41N3O5/c1-23-31-20-26(25-14-16-30(17-15-25)44(3)4)12-13-27(31)18-28-19-29-21-32-36(45(5)6)38-35(41(43-50-38)49-22-24-10-8-7-9-11-24)40(48)42(32,2)39(47)34(29)37(46)33(23)28/h7-18,20,29,32,34,36H,19,21-22H2,1-6H3. The first-order chi connectivity index (χ1) is 24.0. The van der Waals surface area contributed by atoms with Crippen molar-refractivity contribution in [3.05, 3.63) is 112 Å². The van der Waals surface area contributed by atoms with E-state index in [9.17, 15) is 14.4 Å². The molecule has 8 heteroatoms. The number of aryl methyl sites for hydroxylation is 1. The van der Waals surface area contributed by atoms with Gasteiger partial charge in [0, 0.05) is 31.3 Å². The number of nitrogens with zero attached hydrogens (tertiary/aromatic N) is 3. The zero-order chi connectivity index (χ0) is 35.1. The minimum absolute atomic E-state index is 0.0880. The SMILES string of the molecule is Cc1c2c(cc3ccc(-c4ccc(N(C)C)cc4)cc13)CC1CC3C(N(C)C)c4onc(OCc5ccccc5)c4C(=O)C3(C)C(=O)C1C2=O. The lowest BCUT2D eigenvalue weighted by Gasteiger charge is -2.52. The van der Waals surface area contributed by atoms with Crippen molar-refractivity contribution in [1.82, 2.24) is 10.1 Å². The Balaban J connectivity index is 1.17. The van der Waals surface area contributed by atoms with E-state index in [1.807, 2.05) is 70.3 Å². The predicted octanol–water partition coefficient (Wildman–Crippen LogP) is 7.51. The first-order valence-electron chi connectivity index (χ1n) is 17.3. The molecule has 8 rings (SSSR count). The van der Waals surface area contributed by atoms with Crippen molar-refractivity contribution < 1.29 is 23.6 Å². The van der Waals surface area contributed by atoms with E-state index in [4.69, 9.17) is 9.26 Å². The van der Waals surface area contributed by atoms with Crippen molar-refractivity contribution in [1.29, 1.82) is 0 Å². The van der Waals surface area contributed by atoms with Crippen LogP contribution in [0.15, 0.2) is 83.4 Å². The van der Waals surface area contributed by atoms with Crippen LogP contribution in [0.2, 0.25) is 0 Å². The third kappa shape index (κ3) is 4.76. The Kier molecular flexibility index (Phi) is 7.56. The molecule has 3 aliphatic rings. The molecule has 0 bridgehead atoms. The number of carbonyl (C=O) groups excluding carboxylic acids is 3. The van der Waals surface area contributed by atoms with Gasteiger partial charge in [-0.25, -0.2) is 0 Å². The Labute approximate surface area is 292 Å². The van der Waals surface area contributed by atoms with Gasteiger partial charge in [0.2, 0.25) is 0 Å². The zero-order valence-electron chi connectivity index (χ0n) is 29.3. The Hall–Kier alpha value is -5.08. The van der Waals surface area contributed by atoms with Crippen molar-refractivity contribution in [3.8, 4) is 17.0 Å². The van der Waals surface area contributed by atoms with E-state index >= 15 is 0 Å². The molecule has 0 saturated heterocycles. The number of carbonyl (C=O) groups is 3. The van der Waals surface area contributed by atoms with Crippen LogP contribution in [0.5, 0.6) is 5.88 Å². The lowest BCUT2D eigenvalue weighted by molar-refractivity contribution is -0.140. The van der Waals surface area contributed by atoms with Gasteiger partial charge in [0.1, 0.15) is 12.2 Å². The summed E-state index contributed by atoms with van der Waals surface area (Å²) >= 11 is 0. The van der Waals surface area contributed by atoms with Crippen LogP contribution >= 0.6 is 0 Å². The van der Waals surface area contributed by atoms with Gasteiger partial charge in [-0.1, -0.05) is 60.7 Å². The van der Waals surface area contributed by atoms with E-state index in [-0.39, 0.29) is 47.4 Å². The molecule has 0 N–H and O–H groups in total. The first kappa shape index (κ1) is 32.1. The Morgan fingerprint density at radius 1 is 0.900 bits per heavy atom. The summed E-state index contributed by atoms with van der Waals surface area (Å²) in [6.45, 7) is 3.92. The van der Waals surface area contributed by atoms with E-state index in [0.29, 0.717) is 24.2 Å². The number of benzene rings is 4. The fourth-order valence-corrected chi connectivity index (χ4v) is 8.95. The summed E-state index contributed by atoms with van der Waals surface area (Å²) in [5.74, 6) is -1.85. The highest BCUT2D eigenvalue weighted by molar-refractivity contribution is 6.25. The van der Waals surface area contributed by atoms with E-state index in [0.717, 1.165) is 44.3 Å². The van der Waals surface area contributed by atoms with Crippen LogP contribution in [0.4, 0.5) is 5.69 Å². The molecule has 1 saturated carbocycles. The fourth-order valence-electron chi connectivity index (χ4n) is 8.95. The number of ether oxygens (including phenoxy) is 1. The van der Waals surface area contributed by atoms with Gasteiger partial charge in [-0.15, -0.1) is 0 Å². The average molecular weight is 668 g/mol. The molecule has 8 nitrogen and oxygen atoms in total. The Bertz CT molecular complexity index is 2180. The highest BCUT2D eigenvalue weighted by Crippen LogP contribution is 2.59. The fraction of sp³-hybridized carbons (Fsp3) is 0.333. The number of hydrogen-bond donors (Lipinski definition) is 0. The second-order valence-corrected chi connectivity index (χ2v) is 14.9. The van der Waals surface area contributed by atoms with E-state index < -0.39 is 17.3 Å². The van der Waals surface area contributed by atoms with Gasteiger partial charge in [-0.3, -0.25) is 19.3 Å². The minimum Gasteiger partial charge on any atom is -0.470 e. The van der Waals surface area contributed by atoms with Crippen LogP contribution in [0.1, 0.15) is 62.6 Å². The maximum absolute atomic E-state index is 14.9. The summed E-state index contributed by atoms with van der Waals surface area (Å²) < 4.78 is 11.9. The molecule has 0 spiro atoms.